The van der Waals surface area contributed by atoms with Crippen LogP contribution in [0.15, 0.2) is 0 Å². The second-order valence-corrected chi connectivity index (χ2v) is 5.76. The summed E-state index contributed by atoms with van der Waals surface area (Å²) in [5.41, 5.74) is 0.516. The summed E-state index contributed by atoms with van der Waals surface area (Å²) >= 11 is 3.76. The Morgan fingerprint density at radius 1 is 1.25 bits per heavy atom. The van der Waals surface area contributed by atoms with Gasteiger partial charge >= 0.3 is 0 Å². The molecule has 0 aromatic heterocycles. The van der Waals surface area contributed by atoms with E-state index in [0.717, 1.165) is 4.83 Å². The van der Waals surface area contributed by atoms with Crippen LogP contribution in [0.1, 0.15) is 59.8 Å². The highest BCUT2D eigenvalue weighted by atomic mass is 79.9. The van der Waals surface area contributed by atoms with Crippen molar-refractivity contribution in [3.63, 3.8) is 0 Å². The van der Waals surface area contributed by atoms with Crippen LogP contribution in [0.4, 0.5) is 0 Å². The third kappa shape index (κ3) is 6.05. The van der Waals surface area contributed by atoms with E-state index in [1.165, 1.54) is 32.1 Å². The lowest BCUT2D eigenvalue weighted by Crippen LogP contribution is -2.15. The number of unbranched alkanes of at least 4 members (excludes halogenated alkanes) is 1. The van der Waals surface area contributed by atoms with Gasteiger partial charge in [-0.3, -0.25) is 0 Å². The van der Waals surface area contributed by atoms with Crippen molar-refractivity contribution in [2.24, 2.45) is 5.41 Å². The van der Waals surface area contributed by atoms with Gasteiger partial charge in [-0.25, -0.2) is 0 Å². The Bertz CT molecular complexity index is 108. The SMILES string of the molecule is CCCCC(Br)CC(C)(C)CC. The second kappa shape index (κ2) is 6.01. The summed E-state index contributed by atoms with van der Waals surface area (Å²) in [7, 11) is 0. The highest BCUT2D eigenvalue weighted by Crippen LogP contribution is 2.30. The Morgan fingerprint density at radius 2 is 1.83 bits per heavy atom. The van der Waals surface area contributed by atoms with Crippen molar-refractivity contribution in [3.8, 4) is 0 Å². The van der Waals surface area contributed by atoms with Crippen LogP contribution in [0.3, 0.4) is 0 Å². The van der Waals surface area contributed by atoms with Crippen LogP contribution in [0.5, 0.6) is 0 Å². The summed E-state index contributed by atoms with van der Waals surface area (Å²) in [5.74, 6) is 0. The number of alkyl halides is 1. The van der Waals surface area contributed by atoms with Crippen molar-refractivity contribution in [1.29, 1.82) is 0 Å². The van der Waals surface area contributed by atoms with E-state index in [1.54, 1.807) is 0 Å². The number of rotatable bonds is 6. The Morgan fingerprint density at radius 3 is 2.25 bits per heavy atom. The topological polar surface area (TPSA) is 0 Å². The summed E-state index contributed by atoms with van der Waals surface area (Å²) in [6.45, 7) is 9.24. The maximum atomic E-state index is 3.76. The first kappa shape index (κ1) is 12.5. The van der Waals surface area contributed by atoms with Gasteiger partial charge in [0.2, 0.25) is 0 Å². The fourth-order valence-electron chi connectivity index (χ4n) is 1.27. The van der Waals surface area contributed by atoms with Crippen molar-refractivity contribution in [1.82, 2.24) is 0 Å². The number of hydrogen-bond donors (Lipinski definition) is 0. The molecule has 0 saturated heterocycles. The molecular weight excluding hydrogens is 212 g/mol. The minimum atomic E-state index is 0.516. The molecule has 0 saturated carbocycles. The smallest absolute Gasteiger partial charge is 0.0150 e. The molecule has 0 rings (SSSR count). The Hall–Kier alpha value is 0.480. The molecule has 0 aromatic rings. The molecule has 0 N–H and O–H groups in total. The van der Waals surface area contributed by atoms with Gasteiger partial charge in [-0.05, 0) is 18.3 Å². The van der Waals surface area contributed by atoms with Gasteiger partial charge in [-0.1, -0.05) is 62.9 Å². The zero-order valence-electron chi connectivity index (χ0n) is 8.99. The van der Waals surface area contributed by atoms with Crippen molar-refractivity contribution in [3.05, 3.63) is 0 Å². The van der Waals surface area contributed by atoms with Gasteiger partial charge in [-0.2, -0.15) is 0 Å². The Labute approximate surface area is 86.3 Å². The lowest BCUT2D eigenvalue weighted by Gasteiger charge is -2.25. The fraction of sp³-hybridized carbons (Fsp3) is 1.00. The molecular formula is C11H23Br. The molecule has 1 atom stereocenters. The maximum absolute atomic E-state index is 3.76. The zero-order valence-corrected chi connectivity index (χ0v) is 10.6. The van der Waals surface area contributed by atoms with Crippen molar-refractivity contribution in [2.75, 3.05) is 0 Å². The standard InChI is InChI=1S/C11H23Br/c1-5-7-8-10(12)9-11(3,4)6-2/h10H,5-9H2,1-4H3. The molecule has 0 aliphatic heterocycles. The van der Waals surface area contributed by atoms with E-state index < -0.39 is 0 Å². The van der Waals surface area contributed by atoms with Gasteiger partial charge in [0.1, 0.15) is 0 Å². The summed E-state index contributed by atoms with van der Waals surface area (Å²) in [5, 5.41) is 0. The monoisotopic (exact) mass is 234 g/mol. The van der Waals surface area contributed by atoms with E-state index >= 15 is 0 Å². The molecule has 0 amide bonds. The summed E-state index contributed by atoms with van der Waals surface area (Å²) in [4.78, 5) is 0.729. The van der Waals surface area contributed by atoms with Crippen LogP contribution in [0.25, 0.3) is 0 Å². The quantitative estimate of drug-likeness (QED) is 0.582. The molecule has 0 radical (unpaired) electrons. The molecule has 1 heteroatoms. The van der Waals surface area contributed by atoms with Gasteiger partial charge in [-0.15, -0.1) is 0 Å². The summed E-state index contributed by atoms with van der Waals surface area (Å²) in [6, 6.07) is 0. The van der Waals surface area contributed by atoms with E-state index in [4.69, 9.17) is 0 Å². The van der Waals surface area contributed by atoms with Crippen LogP contribution in [-0.4, -0.2) is 4.83 Å². The molecule has 0 spiro atoms. The van der Waals surface area contributed by atoms with Gasteiger partial charge in [0, 0.05) is 4.83 Å². The average Bonchev–Trinajstić information content (AvgIpc) is 2.00. The lowest BCUT2D eigenvalue weighted by molar-refractivity contribution is 0.315. The Kier molecular flexibility index (Phi) is 6.25. The highest BCUT2D eigenvalue weighted by molar-refractivity contribution is 9.09. The van der Waals surface area contributed by atoms with Crippen LogP contribution in [-0.2, 0) is 0 Å². The molecule has 1 unspecified atom stereocenters. The van der Waals surface area contributed by atoms with Gasteiger partial charge in [0.15, 0.2) is 0 Å². The fourth-order valence-corrected chi connectivity index (χ4v) is 2.47. The first-order valence-electron chi connectivity index (χ1n) is 5.16. The largest absolute Gasteiger partial charge is 0.0890 e. The number of hydrogen-bond acceptors (Lipinski definition) is 0. The minimum absolute atomic E-state index is 0.516. The highest BCUT2D eigenvalue weighted by Gasteiger charge is 2.19. The summed E-state index contributed by atoms with van der Waals surface area (Å²) in [6.07, 6.45) is 6.59. The van der Waals surface area contributed by atoms with Crippen LogP contribution >= 0.6 is 15.9 Å². The third-order valence-electron chi connectivity index (χ3n) is 2.60. The molecule has 0 nitrogen and oxygen atoms in total. The lowest BCUT2D eigenvalue weighted by atomic mass is 9.84. The first-order valence-corrected chi connectivity index (χ1v) is 6.07. The van der Waals surface area contributed by atoms with E-state index in [1.807, 2.05) is 0 Å². The molecule has 0 aliphatic rings. The van der Waals surface area contributed by atoms with Crippen molar-refractivity contribution in [2.45, 2.75) is 64.6 Å². The maximum Gasteiger partial charge on any atom is 0.0150 e. The van der Waals surface area contributed by atoms with Crippen molar-refractivity contribution < 1.29 is 0 Å². The van der Waals surface area contributed by atoms with E-state index in [0.29, 0.717) is 5.41 Å². The molecule has 0 fully saturated rings. The van der Waals surface area contributed by atoms with Gasteiger partial charge in [0.25, 0.3) is 0 Å². The van der Waals surface area contributed by atoms with Crippen LogP contribution < -0.4 is 0 Å². The van der Waals surface area contributed by atoms with Gasteiger partial charge < -0.3 is 0 Å². The van der Waals surface area contributed by atoms with E-state index in [-0.39, 0.29) is 0 Å². The first-order chi connectivity index (χ1) is 5.52. The predicted octanol–water partition coefficient (Wildman–Crippen LogP) is 4.77. The molecule has 0 aromatic carbocycles. The van der Waals surface area contributed by atoms with E-state index in [2.05, 4.69) is 43.6 Å². The van der Waals surface area contributed by atoms with Crippen molar-refractivity contribution >= 4 is 15.9 Å². The summed E-state index contributed by atoms with van der Waals surface area (Å²) < 4.78 is 0. The molecule has 0 aliphatic carbocycles. The molecule has 12 heavy (non-hydrogen) atoms. The zero-order chi connectivity index (χ0) is 9.61. The molecule has 0 heterocycles. The Balaban J connectivity index is 3.60. The minimum Gasteiger partial charge on any atom is -0.0890 e. The molecule has 74 valence electrons. The average molecular weight is 235 g/mol. The normalized spacial score (nSPS) is 14.8. The van der Waals surface area contributed by atoms with Crippen LogP contribution in [0.2, 0.25) is 0 Å². The van der Waals surface area contributed by atoms with Gasteiger partial charge in [0.05, 0.1) is 0 Å². The van der Waals surface area contributed by atoms with E-state index in [9.17, 15) is 0 Å². The third-order valence-corrected chi connectivity index (χ3v) is 3.38. The second-order valence-electron chi connectivity index (χ2n) is 4.46. The molecule has 0 bridgehead atoms. The number of halogens is 1. The van der Waals surface area contributed by atoms with Crippen LogP contribution in [0, 0.1) is 5.41 Å². The predicted molar refractivity (Wildman–Crippen MR) is 60.9 cm³/mol.